The van der Waals surface area contributed by atoms with Crippen molar-refractivity contribution < 1.29 is 0 Å². The zero-order valence-corrected chi connectivity index (χ0v) is 6.77. The van der Waals surface area contributed by atoms with Gasteiger partial charge < -0.3 is 4.98 Å². The summed E-state index contributed by atoms with van der Waals surface area (Å²) in [4.78, 5) is 3.08. The van der Waals surface area contributed by atoms with E-state index in [9.17, 15) is 0 Å². The minimum absolute atomic E-state index is 1.24. The lowest BCUT2D eigenvalue weighted by molar-refractivity contribution is 1.28. The minimum atomic E-state index is 1.24. The molecule has 0 aliphatic rings. The van der Waals surface area contributed by atoms with Crippen LogP contribution in [0.4, 0.5) is 0 Å². The zero-order valence-electron chi connectivity index (χ0n) is 4.61. The van der Waals surface area contributed by atoms with Gasteiger partial charge in [0.25, 0.3) is 0 Å². The van der Waals surface area contributed by atoms with Crippen LogP contribution in [0.2, 0.25) is 0 Å². The van der Waals surface area contributed by atoms with Gasteiger partial charge in [-0.15, -0.1) is 0 Å². The van der Waals surface area contributed by atoms with Crippen molar-refractivity contribution in [2.75, 3.05) is 0 Å². The number of aryl methyl sites for hydroxylation is 1. The van der Waals surface area contributed by atoms with E-state index in [0.29, 0.717) is 0 Å². The fraction of sp³-hybridized carbons (Fsp3) is 0.200. The smallest absolute Gasteiger partial charge is 0.240 e. The van der Waals surface area contributed by atoms with Gasteiger partial charge in [0.15, 0.2) is 0 Å². The van der Waals surface area contributed by atoms with Crippen LogP contribution >= 0.6 is 22.4 Å². The van der Waals surface area contributed by atoms with Crippen molar-refractivity contribution in [1.29, 1.82) is 0 Å². The molecule has 0 unspecified atom stereocenters. The average molecular weight is 218 g/mol. The molecule has 1 heterocycles. The second-order valence-corrected chi connectivity index (χ2v) is 2.29. The third kappa shape index (κ3) is 1.07. The monoisotopic (exact) mass is 218 g/mol. The van der Waals surface area contributed by atoms with Crippen LogP contribution in [0.5, 0.6) is 0 Å². The van der Waals surface area contributed by atoms with Crippen molar-refractivity contribution in [2.24, 2.45) is 0 Å². The van der Waals surface area contributed by atoms with E-state index >= 15 is 0 Å². The molecule has 1 nitrogen and oxygen atoms in total. The Morgan fingerprint density at radius 2 is 2.50 bits per heavy atom. The summed E-state index contributed by atoms with van der Waals surface area (Å²) in [6, 6.07) is 2.06. The summed E-state index contributed by atoms with van der Waals surface area (Å²) in [6.07, 6.45) is 1.94. The minimum Gasteiger partial charge on any atom is -0.366 e. The summed E-state index contributed by atoms with van der Waals surface area (Å²) in [5.41, 5.74) is 2.52. The number of nitrogens with one attached hydrogen (secondary N) is 1. The first-order chi connectivity index (χ1) is 3.84. The lowest BCUT2D eigenvalue weighted by Gasteiger charge is -1.85. The Bertz CT molecular complexity index is 173. The molecule has 0 amide bonds. The molecule has 3 heteroatoms. The standard InChI is InChI=1S/C5H6BIN/c1-4-5(6-7)2-3-8-4/h2-3,8H,1H3. The number of aromatic nitrogens is 1. The van der Waals surface area contributed by atoms with Gasteiger partial charge in [0.1, 0.15) is 0 Å². The van der Waals surface area contributed by atoms with Crippen LogP contribution in [0.25, 0.3) is 0 Å². The van der Waals surface area contributed by atoms with Gasteiger partial charge in [0, 0.05) is 11.9 Å². The number of rotatable bonds is 1. The van der Waals surface area contributed by atoms with Crippen LogP contribution in [0.3, 0.4) is 0 Å². The van der Waals surface area contributed by atoms with Gasteiger partial charge in [-0.2, -0.15) is 22.4 Å². The van der Waals surface area contributed by atoms with Gasteiger partial charge in [-0.05, 0) is 13.0 Å². The van der Waals surface area contributed by atoms with E-state index < -0.39 is 0 Å². The van der Waals surface area contributed by atoms with E-state index in [1.807, 2.05) is 6.20 Å². The van der Waals surface area contributed by atoms with E-state index in [4.69, 9.17) is 0 Å². The predicted molar refractivity (Wildman–Crippen MR) is 44.9 cm³/mol. The highest BCUT2D eigenvalue weighted by atomic mass is 127. The Morgan fingerprint density at radius 3 is 2.75 bits per heavy atom. The van der Waals surface area contributed by atoms with Crippen molar-refractivity contribution in [3.63, 3.8) is 0 Å². The van der Waals surface area contributed by atoms with Crippen LogP contribution in [-0.2, 0) is 0 Å². The van der Waals surface area contributed by atoms with Gasteiger partial charge >= 0.3 is 0 Å². The van der Waals surface area contributed by atoms with Crippen molar-refractivity contribution in [2.45, 2.75) is 6.92 Å². The summed E-state index contributed by atoms with van der Waals surface area (Å²) in [5, 5.41) is 2.06. The number of aromatic amines is 1. The molecule has 0 saturated carbocycles. The van der Waals surface area contributed by atoms with Crippen molar-refractivity contribution in [1.82, 2.24) is 4.98 Å². The van der Waals surface area contributed by atoms with Gasteiger partial charge in [-0.3, -0.25) is 0 Å². The second kappa shape index (κ2) is 2.57. The Balaban J connectivity index is 2.92. The molecule has 1 N–H and O–H groups in total. The van der Waals surface area contributed by atoms with E-state index in [1.54, 1.807) is 0 Å². The van der Waals surface area contributed by atoms with E-state index in [1.165, 1.54) is 11.2 Å². The van der Waals surface area contributed by atoms with Gasteiger partial charge in [-0.1, -0.05) is 5.46 Å². The maximum atomic E-state index is 3.08. The number of hydrogen-bond donors (Lipinski definition) is 1. The van der Waals surface area contributed by atoms with Crippen LogP contribution in [0.15, 0.2) is 12.3 Å². The van der Waals surface area contributed by atoms with E-state index in [0.717, 1.165) is 0 Å². The molecule has 41 valence electrons. The Labute approximate surface area is 63.0 Å². The highest BCUT2D eigenvalue weighted by molar-refractivity contribution is 14.1. The fourth-order valence-electron chi connectivity index (χ4n) is 0.583. The summed E-state index contributed by atoms with van der Waals surface area (Å²) >= 11 is 2.23. The lowest BCUT2D eigenvalue weighted by Crippen LogP contribution is -2.07. The highest BCUT2D eigenvalue weighted by Gasteiger charge is 1.94. The van der Waals surface area contributed by atoms with Crippen LogP contribution < -0.4 is 5.46 Å². The number of halogens is 1. The lowest BCUT2D eigenvalue weighted by atomic mass is 9.97. The van der Waals surface area contributed by atoms with Crippen LogP contribution in [-0.4, -0.2) is 10.1 Å². The molecule has 0 saturated heterocycles. The highest BCUT2D eigenvalue weighted by Crippen LogP contribution is 1.88. The van der Waals surface area contributed by atoms with Crippen molar-refractivity contribution in [3.8, 4) is 0 Å². The molecule has 1 rings (SSSR count). The van der Waals surface area contributed by atoms with Crippen LogP contribution in [0.1, 0.15) is 5.69 Å². The van der Waals surface area contributed by atoms with Crippen LogP contribution in [0, 0.1) is 6.92 Å². The van der Waals surface area contributed by atoms with Gasteiger partial charge in [0.05, 0.1) is 0 Å². The molecule has 0 fully saturated rings. The number of hydrogen-bond acceptors (Lipinski definition) is 0. The SMILES string of the molecule is Cc1[nH]ccc1[B]I. The molecular weight excluding hydrogens is 212 g/mol. The molecule has 8 heavy (non-hydrogen) atoms. The van der Waals surface area contributed by atoms with Crippen molar-refractivity contribution in [3.05, 3.63) is 18.0 Å². The molecule has 0 aliphatic heterocycles. The summed E-state index contributed by atoms with van der Waals surface area (Å²) < 4.78 is 0. The molecule has 1 aromatic rings. The summed E-state index contributed by atoms with van der Waals surface area (Å²) in [7, 11) is 0. The summed E-state index contributed by atoms with van der Waals surface area (Å²) in [5.74, 6) is 0. The van der Waals surface area contributed by atoms with Crippen molar-refractivity contribution >= 4 is 33.0 Å². The topological polar surface area (TPSA) is 15.8 Å². The third-order valence-electron chi connectivity index (χ3n) is 1.11. The first kappa shape index (κ1) is 6.20. The third-order valence-corrected chi connectivity index (χ3v) is 1.78. The molecule has 0 bridgehead atoms. The molecule has 0 aromatic carbocycles. The quantitative estimate of drug-likeness (QED) is 0.534. The fourth-order valence-corrected chi connectivity index (χ4v) is 1.26. The first-order valence-corrected chi connectivity index (χ1v) is 3.66. The van der Waals surface area contributed by atoms with Gasteiger partial charge in [-0.25, -0.2) is 0 Å². The summed E-state index contributed by atoms with van der Waals surface area (Å²) in [6.45, 7) is 2.06. The normalized spacial score (nSPS) is 9.25. The Hall–Kier alpha value is 0.0749. The Morgan fingerprint density at radius 1 is 1.75 bits per heavy atom. The molecule has 1 radical (unpaired) electrons. The van der Waals surface area contributed by atoms with Gasteiger partial charge in [0.2, 0.25) is 5.14 Å². The molecule has 0 atom stereocenters. The maximum Gasteiger partial charge on any atom is 0.240 e. The first-order valence-electron chi connectivity index (χ1n) is 2.42. The molecular formula is C5H6BIN. The average Bonchev–Trinajstić information content (AvgIpc) is 2.14. The maximum absolute atomic E-state index is 3.08. The predicted octanol–water partition coefficient (Wildman–Crippen LogP) is 1.00. The second-order valence-electron chi connectivity index (χ2n) is 1.67. The van der Waals surface area contributed by atoms with E-state index in [-0.39, 0.29) is 0 Å². The zero-order chi connectivity index (χ0) is 5.98. The molecule has 0 aliphatic carbocycles. The number of H-pyrrole nitrogens is 1. The molecule has 0 spiro atoms. The van der Waals surface area contributed by atoms with E-state index in [2.05, 4.69) is 45.5 Å². The largest absolute Gasteiger partial charge is 0.366 e. The molecule has 1 aromatic heterocycles. The Kier molecular flexibility index (Phi) is 1.99.